The fourth-order valence-corrected chi connectivity index (χ4v) is 3.35. The molecule has 2 fully saturated rings. The highest BCUT2D eigenvalue weighted by molar-refractivity contribution is 5.68. The average molecular weight is 444 g/mol. The molecular formula is C20H28O11. The van der Waals surface area contributed by atoms with E-state index in [-0.39, 0.29) is 18.1 Å². The Hall–Kier alpha value is -1.80. The molecule has 0 radical (unpaired) electrons. The number of hydrogen-bond acceptors (Lipinski definition) is 11. The van der Waals surface area contributed by atoms with E-state index in [1.165, 1.54) is 12.1 Å². The van der Waals surface area contributed by atoms with Gasteiger partial charge in [0.1, 0.15) is 54.2 Å². The summed E-state index contributed by atoms with van der Waals surface area (Å²) >= 11 is 0. The van der Waals surface area contributed by atoms with Crippen LogP contribution in [0.15, 0.2) is 24.8 Å². The number of aromatic hydroxyl groups is 1. The van der Waals surface area contributed by atoms with Crippen LogP contribution in [-0.2, 0) is 14.2 Å². The quantitative estimate of drug-likeness (QED) is 0.260. The van der Waals surface area contributed by atoms with Gasteiger partial charge in [-0.1, -0.05) is 6.58 Å². The predicted octanol–water partition coefficient (Wildman–Crippen LogP) is -1.93. The molecule has 3 rings (SSSR count). The Bertz CT molecular complexity index is 771. The first-order valence-electron chi connectivity index (χ1n) is 9.72. The van der Waals surface area contributed by atoms with Crippen LogP contribution in [0.5, 0.6) is 11.5 Å². The minimum atomic E-state index is -1.65. The molecule has 9 unspecified atom stereocenters. The molecule has 2 saturated heterocycles. The molecule has 11 nitrogen and oxygen atoms in total. The Morgan fingerprint density at radius 1 is 1.00 bits per heavy atom. The highest BCUT2D eigenvalue weighted by Crippen LogP contribution is 2.32. The van der Waals surface area contributed by atoms with Crippen molar-refractivity contribution in [3.05, 3.63) is 30.3 Å². The summed E-state index contributed by atoms with van der Waals surface area (Å²) in [5.74, 6) is 0.0397. The fraction of sp³-hybridized carbons (Fsp3) is 0.600. The van der Waals surface area contributed by atoms with E-state index < -0.39 is 61.9 Å². The van der Waals surface area contributed by atoms with Crippen molar-refractivity contribution in [2.45, 2.75) is 62.2 Å². The van der Waals surface area contributed by atoms with E-state index >= 15 is 0 Å². The molecule has 174 valence electrons. The van der Waals surface area contributed by atoms with Gasteiger partial charge in [0.05, 0.1) is 13.2 Å². The van der Waals surface area contributed by atoms with Crippen molar-refractivity contribution >= 4 is 5.57 Å². The zero-order valence-electron chi connectivity index (χ0n) is 16.8. The Morgan fingerprint density at radius 2 is 1.68 bits per heavy atom. The van der Waals surface area contributed by atoms with E-state index in [0.29, 0.717) is 11.1 Å². The van der Waals surface area contributed by atoms with E-state index in [0.717, 1.165) is 0 Å². The smallest absolute Gasteiger partial charge is 0.229 e. The highest BCUT2D eigenvalue weighted by Gasteiger charge is 2.46. The zero-order valence-corrected chi connectivity index (χ0v) is 16.8. The maximum atomic E-state index is 10.3. The molecule has 0 aromatic heterocycles. The first-order chi connectivity index (χ1) is 14.6. The molecule has 2 aliphatic heterocycles. The van der Waals surface area contributed by atoms with Gasteiger partial charge in [-0.05, 0) is 24.6 Å². The maximum Gasteiger partial charge on any atom is 0.229 e. The summed E-state index contributed by atoms with van der Waals surface area (Å²) in [4.78, 5) is 0. The lowest BCUT2D eigenvalue weighted by molar-refractivity contribution is -0.307. The normalized spacial score (nSPS) is 38.6. The highest BCUT2D eigenvalue weighted by atomic mass is 16.7. The van der Waals surface area contributed by atoms with Crippen LogP contribution in [0, 0.1) is 0 Å². The van der Waals surface area contributed by atoms with Gasteiger partial charge in [0, 0.05) is 11.6 Å². The SMILES string of the molecule is C=C(C)c1ccc(O)cc1OC1OC(COC2OCC(O)C(O)C2O)C(O)C(O)C1O. The van der Waals surface area contributed by atoms with Gasteiger partial charge < -0.3 is 54.7 Å². The minimum absolute atomic E-state index is 0.102. The molecule has 0 bridgehead atoms. The molecule has 7 N–H and O–H groups in total. The Morgan fingerprint density at radius 3 is 2.35 bits per heavy atom. The number of allylic oxidation sites excluding steroid dienone is 1. The molecule has 0 saturated carbocycles. The van der Waals surface area contributed by atoms with Crippen molar-refractivity contribution in [1.29, 1.82) is 0 Å². The Balaban J connectivity index is 1.70. The number of ether oxygens (including phenoxy) is 4. The molecule has 2 aliphatic rings. The maximum absolute atomic E-state index is 10.3. The van der Waals surface area contributed by atoms with Gasteiger partial charge in [-0.3, -0.25) is 0 Å². The Kier molecular flexibility index (Phi) is 7.52. The lowest BCUT2D eigenvalue weighted by Crippen LogP contribution is -2.61. The second-order valence-electron chi connectivity index (χ2n) is 7.68. The van der Waals surface area contributed by atoms with Gasteiger partial charge >= 0.3 is 0 Å². The summed E-state index contributed by atoms with van der Waals surface area (Å²) in [6.07, 6.45) is -13.1. The van der Waals surface area contributed by atoms with Crippen molar-refractivity contribution in [2.24, 2.45) is 0 Å². The van der Waals surface area contributed by atoms with E-state index in [1.807, 2.05) is 0 Å². The molecule has 1 aromatic carbocycles. The van der Waals surface area contributed by atoms with Crippen molar-refractivity contribution in [3.8, 4) is 11.5 Å². The van der Waals surface area contributed by atoms with E-state index in [1.54, 1.807) is 13.0 Å². The number of rotatable bonds is 6. The number of phenols is 1. The molecule has 0 spiro atoms. The number of phenolic OH excluding ortho intramolecular Hbond substituents is 1. The van der Waals surface area contributed by atoms with Gasteiger partial charge in [0.25, 0.3) is 0 Å². The van der Waals surface area contributed by atoms with Crippen LogP contribution in [0.3, 0.4) is 0 Å². The van der Waals surface area contributed by atoms with Gasteiger partial charge in [-0.15, -0.1) is 0 Å². The molecule has 2 heterocycles. The number of hydrogen-bond donors (Lipinski definition) is 7. The first kappa shape index (κ1) is 23.9. The third-order valence-electron chi connectivity index (χ3n) is 5.22. The molecular weight excluding hydrogens is 416 g/mol. The summed E-state index contributed by atoms with van der Waals surface area (Å²) in [5.41, 5.74) is 1.15. The molecule has 9 atom stereocenters. The summed E-state index contributed by atoms with van der Waals surface area (Å²) in [6, 6.07) is 4.29. The van der Waals surface area contributed by atoms with E-state index in [9.17, 15) is 35.7 Å². The molecule has 31 heavy (non-hydrogen) atoms. The van der Waals surface area contributed by atoms with Crippen molar-refractivity contribution in [1.82, 2.24) is 0 Å². The second-order valence-corrected chi connectivity index (χ2v) is 7.68. The molecule has 0 aliphatic carbocycles. The average Bonchev–Trinajstić information content (AvgIpc) is 2.72. The molecule has 0 amide bonds. The third-order valence-corrected chi connectivity index (χ3v) is 5.22. The van der Waals surface area contributed by atoms with Crippen LogP contribution in [-0.4, -0.2) is 104 Å². The van der Waals surface area contributed by atoms with Crippen LogP contribution >= 0.6 is 0 Å². The predicted molar refractivity (Wildman–Crippen MR) is 104 cm³/mol. The van der Waals surface area contributed by atoms with Gasteiger partial charge in [0.2, 0.25) is 6.29 Å². The van der Waals surface area contributed by atoms with Crippen LogP contribution in [0.2, 0.25) is 0 Å². The number of benzene rings is 1. The van der Waals surface area contributed by atoms with Crippen LogP contribution < -0.4 is 4.74 Å². The monoisotopic (exact) mass is 444 g/mol. The van der Waals surface area contributed by atoms with Crippen LogP contribution in [0.4, 0.5) is 0 Å². The van der Waals surface area contributed by atoms with Gasteiger partial charge in [-0.2, -0.15) is 0 Å². The zero-order chi connectivity index (χ0) is 22.9. The molecule has 1 aromatic rings. The summed E-state index contributed by atoms with van der Waals surface area (Å²) in [5, 5.41) is 69.7. The first-order valence-corrected chi connectivity index (χ1v) is 9.72. The molecule has 11 heteroatoms. The number of aliphatic hydroxyl groups excluding tert-OH is 6. The minimum Gasteiger partial charge on any atom is -0.508 e. The van der Waals surface area contributed by atoms with E-state index in [4.69, 9.17) is 18.9 Å². The summed E-state index contributed by atoms with van der Waals surface area (Å²) < 4.78 is 21.7. The van der Waals surface area contributed by atoms with Crippen molar-refractivity contribution < 1.29 is 54.7 Å². The largest absolute Gasteiger partial charge is 0.508 e. The summed E-state index contributed by atoms with van der Waals surface area (Å²) in [7, 11) is 0. The Labute approximate surface area is 178 Å². The standard InChI is InChI=1S/C20H28O11/c1-8(2)10-4-3-9(21)5-12(10)30-20-18(27)16(25)15(24)13(31-20)7-29-19-17(26)14(23)11(22)6-28-19/h3-5,11,13-27H,1,6-7H2,2H3. The number of aliphatic hydroxyl groups is 6. The fourth-order valence-electron chi connectivity index (χ4n) is 3.35. The lowest BCUT2D eigenvalue weighted by atomic mass is 9.99. The van der Waals surface area contributed by atoms with Crippen LogP contribution in [0.25, 0.3) is 5.57 Å². The van der Waals surface area contributed by atoms with Gasteiger partial charge in [0.15, 0.2) is 6.29 Å². The van der Waals surface area contributed by atoms with Crippen molar-refractivity contribution in [2.75, 3.05) is 13.2 Å². The van der Waals surface area contributed by atoms with Crippen molar-refractivity contribution in [3.63, 3.8) is 0 Å². The lowest BCUT2D eigenvalue weighted by Gasteiger charge is -2.41. The van der Waals surface area contributed by atoms with E-state index in [2.05, 4.69) is 6.58 Å². The van der Waals surface area contributed by atoms with Crippen LogP contribution in [0.1, 0.15) is 12.5 Å². The topological polar surface area (TPSA) is 179 Å². The second kappa shape index (κ2) is 9.77. The van der Waals surface area contributed by atoms with Gasteiger partial charge in [-0.25, -0.2) is 0 Å². The summed E-state index contributed by atoms with van der Waals surface area (Å²) in [6.45, 7) is 4.86. The third kappa shape index (κ3) is 5.17.